The van der Waals surface area contributed by atoms with Gasteiger partial charge in [0.2, 0.25) is 0 Å². The first kappa shape index (κ1) is 20.2. The molecule has 0 atom stereocenters. The number of rotatable bonds is 7. The molecule has 1 saturated heterocycles. The number of piperidine rings is 1. The number of benzene rings is 2. The molecular weight excluding hydrogens is 352 g/mol. The zero-order valence-corrected chi connectivity index (χ0v) is 17.0. The van der Waals surface area contributed by atoms with Gasteiger partial charge in [-0.1, -0.05) is 17.7 Å². The van der Waals surface area contributed by atoms with Crippen LogP contribution in [0.4, 0.5) is 0 Å². The van der Waals surface area contributed by atoms with Crippen molar-refractivity contribution in [3.05, 3.63) is 54.1 Å². The molecule has 1 N–H and O–H groups in total. The van der Waals surface area contributed by atoms with E-state index in [2.05, 4.69) is 24.1 Å². The summed E-state index contributed by atoms with van der Waals surface area (Å²) < 4.78 is 11.4. The maximum Gasteiger partial charge on any atom is 0.258 e. The van der Waals surface area contributed by atoms with Crippen molar-refractivity contribution in [3.63, 3.8) is 0 Å². The number of carbonyl (C=O) groups is 1. The minimum atomic E-state index is -0.0667. The van der Waals surface area contributed by atoms with Crippen molar-refractivity contribution in [2.24, 2.45) is 0 Å². The van der Waals surface area contributed by atoms with Gasteiger partial charge in [0.25, 0.3) is 5.91 Å². The number of nitrogens with one attached hydrogen (secondary N) is 1. The first-order valence-electron chi connectivity index (χ1n) is 10.0. The van der Waals surface area contributed by atoms with Gasteiger partial charge in [-0.25, -0.2) is 0 Å². The van der Waals surface area contributed by atoms with Gasteiger partial charge in [-0.3, -0.25) is 4.79 Å². The maximum absolute atomic E-state index is 12.2. The van der Waals surface area contributed by atoms with Crippen molar-refractivity contribution in [2.45, 2.75) is 45.7 Å². The first-order valence-corrected chi connectivity index (χ1v) is 10.0. The average molecular weight is 383 g/mol. The van der Waals surface area contributed by atoms with Crippen molar-refractivity contribution in [1.29, 1.82) is 0 Å². The molecule has 0 spiro atoms. The van der Waals surface area contributed by atoms with Crippen LogP contribution in [0.15, 0.2) is 48.5 Å². The Morgan fingerprint density at radius 1 is 1.00 bits per heavy atom. The SMILES string of the molecule is Cc1ccc(Oc2ccc(OCC(=O)NC3CCN(C(C)C)CC3)cc2)cc1. The smallest absolute Gasteiger partial charge is 0.258 e. The second kappa shape index (κ2) is 9.60. The fraction of sp³-hybridized carbons (Fsp3) is 0.435. The third-order valence-corrected chi connectivity index (χ3v) is 5.08. The summed E-state index contributed by atoms with van der Waals surface area (Å²) in [6, 6.07) is 16.0. The van der Waals surface area contributed by atoms with Gasteiger partial charge in [0.05, 0.1) is 0 Å². The number of amides is 1. The van der Waals surface area contributed by atoms with E-state index in [0.29, 0.717) is 11.8 Å². The Bertz CT molecular complexity index is 748. The summed E-state index contributed by atoms with van der Waals surface area (Å²) in [4.78, 5) is 14.6. The highest BCUT2D eigenvalue weighted by Gasteiger charge is 2.22. The molecule has 2 aromatic carbocycles. The van der Waals surface area contributed by atoms with Gasteiger partial charge in [-0.2, -0.15) is 0 Å². The third kappa shape index (κ3) is 5.99. The van der Waals surface area contributed by atoms with Crippen LogP contribution < -0.4 is 14.8 Å². The topological polar surface area (TPSA) is 50.8 Å². The van der Waals surface area contributed by atoms with Crippen LogP contribution in [0, 0.1) is 6.92 Å². The molecular formula is C23H30N2O3. The highest BCUT2D eigenvalue weighted by Crippen LogP contribution is 2.24. The molecule has 150 valence electrons. The maximum atomic E-state index is 12.2. The molecule has 0 saturated carbocycles. The van der Waals surface area contributed by atoms with Crippen LogP contribution in [-0.2, 0) is 4.79 Å². The highest BCUT2D eigenvalue weighted by molar-refractivity contribution is 5.77. The Labute approximate surface area is 167 Å². The van der Waals surface area contributed by atoms with E-state index in [1.165, 1.54) is 5.56 Å². The van der Waals surface area contributed by atoms with E-state index in [-0.39, 0.29) is 18.6 Å². The Balaban J connectivity index is 1.41. The molecule has 1 fully saturated rings. The van der Waals surface area contributed by atoms with E-state index in [0.717, 1.165) is 37.4 Å². The zero-order valence-electron chi connectivity index (χ0n) is 17.0. The van der Waals surface area contributed by atoms with Gasteiger partial charge in [0.15, 0.2) is 6.61 Å². The molecule has 28 heavy (non-hydrogen) atoms. The molecule has 0 radical (unpaired) electrons. The summed E-state index contributed by atoms with van der Waals surface area (Å²) in [6.45, 7) is 8.56. The summed E-state index contributed by atoms with van der Waals surface area (Å²) in [5.41, 5.74) is 1.19. The molecule has 1 aliphatic rings. The van der Waals surface area contributed by atoms with E-state index < -0.39 is 0 Å². The van der Waals surface area contributed by atoms with Crippen molar-refractivity contribution in [3.8, 4) is 17.2 Å². The van der Waals surface area contributed by atoms with Gasteiger partial charge in [-0.05, 0) is 70.0 Å². The molecule has 0 aromatic heterocycles. The Kier molecular flexibility index (Phi) is 6.93. The Morgan fingerprint density at radius 2 is 1.54 bits per heavy atom. The molecule has 0 bridgehead atoms. The van der Waals surface area contributed by atoms with Crippen molar-refractivity contribution in [1.82, 2.24) is 10.2 Å². The van der Waals surface area contributed by atoms with E-state index in [1.54, 1.807) is 0 Å². The summed E-state index contributed by atoms with van der Waals surface area (Å²) in [5.74, 6) is 2.11. The van der Waals surface area contributed by atoms with Crippen LogP contribution in [0.5, 0.6) is 17.2 Å². The third-order valence-electron chi connectivity index (χ3n) is 5.08. The van der Waals surface area contributed by atoms with Gasteiger partial charge in [0.1, 0.15) is 17.2 Å². The fourth-order valence-corrected chi connectivity index (χ4v) is 3.32. The van der Waals surface area contributed by atoms with Gasteiger partial charge in [0, 0.05) is 25.2 Å². The van der Waals surface area contributed by atoms with Crippen molar-refractivity contribution < 1.29 is 14.3 Å². The van der Waals surface area contributed by atoms with Crippen LogP contribution in [0.25, 0.3) is 0 Å². The van der Waals surface area contributed by atoms with E-state index in [1.807, 2.05) is 55.5 Å². The number of ether oxygens (including phenoxy) is 2. The lowest BCUT2D eigenvalue weighted by molar-refractivity contribution is -0.124. The fourth-order valence-electron chi connectivity index (χ4n) is 3.32. The minimum Gasteiger partial charge on any atom is -0.484 e. The molecule has 0 unspecified atom stereocenters. The summed E-state index contributed by atoms with van der Waals surface area (Å²) in [5, 5.41) is 3.08. The van der Waals surface area contributed by atoms with Gasteiger partial charge < -0.3 is 19.7 Å². The molecule has 2 aromatic rings. The Hall–Kier alpha value is -2.53. The molecule has 0 aliphatic carbocycles. The van der Waals surface area contributed by atoms with E-state index >= 15 is 0 Å². The zero-order chi connectivity index (χ0) is 19.9. The lowest BCUT2D eigenvalue weighted by Crippen LogP contribution is -2.47. The number of carbonyl (C=O) groups excluding carboxylic acids is 1. The average Bonchev–Trinajstić information content (AvgIpc) is 2.69. The van der Waals surface area contributed by atoms with Gasteiger partial charge >= 0.3 is 0 Å². The second-order valence-electron chi connectivity index (χ2n) is 7.65. The summed E-state index contributed by atoms with van der Waals surface area (Å²) >= 11 is 0. The van der Waals surface area contributed by atoms with Crippen LogP contribution in [0.2, 0.25) is 0 Å². The van der Waals surface area contributed by atoms with Crippen LogP contribution >= 0.6 is 0 Å². The molecule has 3 rings (SSSR count). The normalized spacial score (nSPS) is 15.4. The molecule has 5 heteroatoms. The van der Waals surface area contributed by atoms with Crippen molar-refractivity contribution >= 4 is 5.91 Å². The predicted molar refractivity (Wildman–Crippen MR) is 111 cm³/mol. The van der Waals surface area contributed by atoms with Gasteiger partial charge in [-0.15, -0.1) is 0 Å². The van der Waals surface area contributed by atoms with Crippen LogP contribution in [-0.4, -0.2) is 42.6 Å². The number of nitrogens with zero attached hydrogens (tertiary/aromatic N) is 1. The number of hydrogen-bond donors (Lipinski definition) is 1. The quantitative estimate of drug-likeness (QED) is 0.781. The van der Waals surface area contributed by atoms with E-state index in [4.69, 9.17) is 9.47 Å². The lowest BCUT2D eigenvalue weighted by Gasteiger charge is -2.34. The first-order chi connectivity index (χ1) is 13.5. The molecule has 1 aliphatic heterocycles. The Morgan fingerprint density at radius 3 is 2.11 bits per heavy atom. The highest BCUT2D eigenvalue weighted by atomic mass is 16.5. The van der Waals surface area contributed by atoms with Crippen LogP contribution in [0.3, 0.4) is 0 Å². The molecule has 1 heterocycles. The molecule has 1 amide bonds. The largest absolute Gasteiger partial charge is 0.484 e. The minimum absolute atomic E-state index is 0.0303. The number of likely N-dealkylation sites (tertiary alicyclic amines) is 1. The van der Waals surface area contributed by atoms with Crippen LogP contribution in [0.1, 0.15) is 32.3 Å². The van der Waals surface area contributed by atoms with E-state index in [9.17, 15) is 4.79 Å². The predicted octanol–water partition coefficient (Wildman–Crippen LogP) is 4.16. The summed E-state index contributed by atoms with van der Waals surface area (Å²) in [7, 11) is 0. The monoisotopic (exact) mass is 382 g/mol. The number of hydrogen-bond acceptors (Lipinski definition) is 4. The summed E-state index contributed by atoms with van der Waals surface area (Å²) in [6.07, 6.45) is 1.99. The lowest BCUT2D eigenvalue weighted by atomic mass is 10.0. The number of aryl methyl sites for hydroxylation is 1. The standard InChI is InChI=1S/C23H30N2O3/c1-17(2)25-14-12-19(13-15-25)24-23(26)16-27-20-8-10-22(11-9-20)28-21-6-4-18(3)5-7-21/h4-11,17,19H,12-16H2,1-3H3,(H,24,26). The molecule has 5 nitrogen and oxygen atoms in total. The van der Waals surface area contributed by atoms with Crippen molar-refractivity contribution in [2.75, 3.05) is 19.7 Å². The second-order valence-corrected chi connectivity index (χ2v) is 7.65.